The minimum Gasteiger partial charge on any atom is -0.168 e. The Morgan fingerprint density at radius 1 is 0.968 bits per heavy atom. The standard InChI is InChI=1S/C28H40S.C2H6/c1-20-9-11-21(12-10-20)6-5-8-22-14-16-25-24-15-13-23-7-3-4-18-28(23,29)26(24)17-19-27(22,25)2;1-2/h9-13,22,24-26,29H,3-8,14-19H2,1-2H3;1-2H3. The van der Waals surface area contributed by atoms with Crippen LogP contribution in [-0.2, 0) is 6.42 Å². The van der Waals surface area contributed by atoms with Crippen LogP contribution < -0.4 is 0 Å². The van der Waals surface area contributed by atoms with Crippen molar-refractivity contribution >= 4 is 12.6 Å². The van der Waals surface area contributed by atoms with Gasteiger partial charge in [-0.15, -0.1) is 0 Å². The van der Waals surface area contributed by atoms with E-state index in [1.165, 1.54) is 88.2 Å². The highest BCUT2D eigenvalue weighted by Crippen LogP contribution is 2.65. The van der Waals surface area contributed by atoms with Gasteiger partial charge in [-0.05, 0) is 112 Å². The molecular weight excluding hydrogens is 392 g/mol. The van der Waals surface area contributed by atoms with Gasteiger partial charge < -0.3 is 0 Å². The summed E-state index contributed by atoms with van der Waals surface area (Å²) in [4.78, 5) is 0. The molecule has 0 heterocycles. The molecule has 0 radical (unpaired) electrons. The van der Waals surface area contributed by atoms with Crippen molar-refractivity contribution < 1.29 is 0 Å². The third-order valence-electron chi connectivity index (χ3n) is 9.83. The number of thiol groups is 1. The van der Waals surface area contributed by atoms with Gasteiger partial charge in [-0.1, -0.05) is 68.7 Å². The molecule has 3 saturated carbocycles. The lowest BCUT2D eigenvalue weighted by Gasteiger charge is -2.57. The topological polar surface area (TPSA) is 0 Å². The van der Waals surface area contributed by atoms with Crippen molar-refractivity contribution in [1.29, 1.82) is 0 Å². The highest BCUT2D eigenvalue weighted by Gasteiger charge is 2.58. The summed E-state index contributed by atoms with van der Waals surface area (Å²) in [5, 5.41) is 0. The molecule has 1 aromatic rings. The lowest BCUT2D eigenvalue weighted by atomic mass is 9.51. The quantitative estimate of drug-likeness (QED) is 0.352. The van der Waals surface area contributed by atoms with Crippen molar-refractivity contribution in [1.82, 2.24) is 0 Å². The molecule has 0 spiro atoms. The van der Waals surface area contributed by atoms with Crippen LogP contribution in [0.15, 0.2) is 35.9 Å². The molecule has 0 aromatic heterocycles. The second kappa shape index (κ2) is 9.66. The molecule has 31 heavy (non-hydrogen) atoms. The minimum atomic E-state index is 0.256. The first-order chi connectivity index (χ1) is 15.0. The third-order valence-corrected chi connectivity index (χ3v) is 10.7. The van der Waals surface area contributed by atoms with Gasteiger partial charge in [0.2, 0.25) is 0 Å². The second-order valence-corrected chi connectivity index (χ2v) is 12.0. The van der Waals surface area contributed by atoms with Gasteiger partial charge in [-0.25, -0.2) is 0 Å². The van der Waals surface area contributed by atoms with Crippen LogP contribution in [0.2, 0.25) is 0 Å². The molecule has 0 aliphatic heterocycles. The molecule has 0 nitrogen and oxygen atoms in total. The summed E-state index contributed by atoms with van der Waals surface area (Å²) >= 11 is 5.41. The number of benzene rings is 1. The molecule has 0 saturated heterocycles. The fourth-order valence-electron chi connectivity index (χ4n) is 8.17. The van der Waals surface area contributed by atoms with Crippen molar-refractivity contribution in [2.24, 2.45) is 29.1 Å². The molecule has 6 unspecified atom stereocenters. The normalized spacial score (nSPS) is 38.8. The number of aryl methyl sites for hydroxylation is 2. The van der Waals surface area contributed by atoms with Crippen LogP contribution in [0.25, 0.3) is 0 Å². The van der Waals surface area contributed by atoms with E-state index >= 15 is 0 Å². The summed E-state index contributed by atoms with van der Waals surface area (Å²) in [5.74, 6) is 3.67. The van der Waals surface area contributed by atoms with Crippen LogP contribution in [0.5, 0.6) is 0 Å². The summed E-state index contributed by atoms with van der Waals surface area (Å²) in [5.41, 5.74) is 5.22. The zero-order valence-corrected chi connectivity index (χ0v) is 21.5. The number of fused-ring (bicyclic) bond motifs is 5. The SMILES string of the molecule is CC.Cc1ccc(CCCC2CCC3C4CC=C5CCCCC5(S)C4CCC23C)cc1. The van der Waals surface area contributed by atoms with E-state index in [-0.39, 0.29) is 4.75 Å². The van der Waals surface area contributed by atoms with E-state index in [9.17, 15) is 0 Å². The lowest BCUT2D eigenvalue weighted by molar-refractivity contribution is -0.00647. The Morgan fingerprint density at radius 3 is 2.52 bits per heavy atom. The van der Waals surface area contributed by atoms with Crippen molar-refractivity contribution in [3.63, 3.8) is 0 Å². The van der Waals surface area contributed by atoms with Gasteiger partial charge in [0, 0.05) is 4.75 Å². The zero-order valence-electron chi connectivity index (χ0n) is 20.6. The van der Waals surface area contributed by atoms with Crippen LogP contribution in [0, 0.1) is 36.0 Å². The number of rotatable bonds is 4. The molecule has 3 fully saturated rings. The molecule has 1 heteroatoms. The molecule has 0 bridgehead atoms. The highest BCUT2D eigenvalue weighted by atomic mass is 32.1. The molecule has 0 N–H and O–H groups in total. The van der Waals surface area contributed by atoms with Gasteiger partial charge in [0.15, 0.2) is 0 Å². The molecule has 0 amide bonds. The summed E-state index contributed by atoms with van der Waals surface area (Å²) in [6.45, 7) is 8.87. The van der Waals surface area contributed by atoms with Crippen LogP contribution in [0.1, 0.15) is 103 Å². The summed E-state index contributed by atoms with van der Waals surface area (Å²) in [7, 11) is 0. The Morgan fingerprint density at radius 2 is 1.74 bits per heavy atom. The monoisotopic (exact) mass is 438 g/mol. The molecule has 4 aliphatic carbocycles. The molecule has 1 aromatic carbocycles. The Balaban J connectivity index is 0.00000112. The third kappa shape index (κ3) is 4.30. The summed E-state index contributed by atoms with van der Waals surface area (Å²) < 4.78 is 0.256. The van der Waals surface area contributed by atoms with Gasteiger partial charge in [0.05, 0.1) is 0 Å². The number of allylic oxidation sites excluding steroid dienone is 1. The van der Waals surface area contributed by atoms with E-state index < -0.39 is 0 Å². The first kappa shape index (κ1) is 23.5. The molecule has 4 aliphatic rings. The van der Waals surface area contributed by atoms with Gasteiger partial charge in [0.25, 0.3) is 0 Å². The lowest BCUT2D eigenvalue weighted by Crippen LogP contribution is -2.51. The van der Waals surface area contributed by atoms with Crippen LogP contribution in [0.4, 0.5) is 0 Å². The fraction of sp³-hybridized carbons (Fsp3) is 0.733. The number of hydrogen-bond donors (Lipinski definition) is 1. The van der Waals surface area contributed by atoms with Crippen molar-refractivity contribution in [2.75, 3.05) is 0 Å². The van der Waals surface area contributed by atoms with Crippen molar-refractivity contribution in [2.45, 2.75) is 109 Å². The second-order valence-electron chi connectivity index (χ2n) is 11.2. The predicted molar refractivity (Wildman–Crippen MR) is 139 cm³/mol. The van der Waals surface area contributed by atoms with Gasteiger partial charge in [-0.2, -0.15) is 12.6 Å². The van der Waals surface area contributed by atoms with E-state index in [1.54, 1.807) is 5.57 Å². The Kier molecular flexibility index (Phi) is 7.31. The van der Waals surface area contributed by atoms with Crippen molar-refractivity contribution in [3.8, 4) is 0 Å². The Bertz CT molecular complexity index is 761. The van der Waals surface area contributed by atoms with Crippen molar-refractivity contribution in [3.05, 3.63) is 47.0 Å². The average molecular weight is 439 g/mol. The predicted octanol–water partition coefficient (Wildman–Crippen LogP) is 8.98. The zero-order chi connectivity index (χ0) is 22.1. The smallest absolute Gasteiger partial charge is 0.0369 e. The van der Waals surface area contributed by atoms with E-state index in [0.29, 0.717) is 5.41 Å². The van der Waals surface area contributed by atoms with E-state index in [1.807, 2.05) is 13.8 Å². The maximum absolute atomic E-state index is 5.41. The van der Waals surface area contributed by atoms with Gasteiger partial charge in [-0.3, -0.25) is 0 Å². The molecule has 6 atom stereocenters. The Labute approximate surface area is 198 Å². The Hall–Kier alpha value is -0.690. The maximum atomic E-state index is 5.41. The van der Waals surface area contributed by atoms with E-state index in [2.05, 4.69) is 44.2 Å². The minimum absolute atomic E-state index is 0.256. The van der Waals surface area contributed by atoms with Crippen LogP contribution in [0.3, 0.4) is 0 Å². The fourth-order valence-corrected chi connectivity index (χ4v) is 8.85. The van der Waals surface area contributed by atoms with E-state index in [4.69, 9.17) is 12.6 Å². The molecule has 172 valence electrons. The highest BCUT2D eigenvalue weighted by molar-refractivity contribution is 7.82. The van der Waals surface area contributed by atoms with Gasteiger partial charge in [0.1, 0.15) is 0 Å². The van der Waals surface area contributed by atoms with Crippen LogP contribution in [-0.4, -0.2) is 4.75 Å². The first-order valence-electron chi connectivity index (χ1n) is 13.5. The van der Waals surface area contributed by atoms with Gasteiger partial charge >= 0.3 is 0 Å². The average Bonchev–Trinajstić information content (AvgIpc) is 3.12. The summed E-state index contributed by atoms with van der Waals surface area (Å²) in [6, 6.07) is 9.21. The van der Waals surface area contributed by atoms with E-state index in [0.717, 1.165) is 23.7 Å². The first-order valence-corrected chi connectivity index (χ1v) is 13.9. The molecular formula is C30H46S. The van der Waals surface area contributed by atoms with Crippen LogP contribution >= 0.6 is 12.6 Å². The summed E-state index contributed by atoms with van der Waals surface area (Å²) in [6.07, 6.45) is 19.4. The maximum Gasteiger partial charge on any atom is 0.0369 e. The number of hydrogen-bond acceptors (Lipinski definition) is 1. The molecule has 5 rings (SSSR count). The largest absolute Gasteiger partial charge is 0.168 e.